The van der Waals surface area contributed by atoms with E-state index in [1.165, 1.54) is 17.5 Å². The highest BCUT2D eigenvalue weighted by Gasteiger charge is 2.17. The topological polar surface area (TPSA) is 29.1 Å². The Morgan fingerprint density at radius 1 is 1.14 bits per heavy atom. The fourth-order valence-corrected chi connectivity index (χ4v) is 3.08. The van der Waals surface area contributed by atoms with Crippen molar-refractivity contribution in [3.63, 3.8) is 0 Å². The first-order valence-corrected chi connectivity index (χ1v) is 7.71. The molecule has 2 aromatic carbocycles. The Balaban J connectivity index is 1.91. The minimum Gasteiger partial charge on any atom is -0.322 e. The smallest absolute Gasteiger partial charge is 0.255 e. The lowest BCUT2D eigenvalue weighted by Gasteiger charge is -2.19. The van der Waals surface area contributed by atoms with Crippen molar-refractivity contribution in [1.29, 1.82) is 0 Å². The van der Waals surface area contributed by atoms with E-state index in [0.29, 0.717) is 5.02 Å². The predicted molar refractivity (Wildman–Crippen MR) is 87.2 cm³/mol. The molecule has 1 aliphatic carbocycles. The summed E-state index contributed by atoms with van der Waals surface area (Å²) in [7, 11) is 0. The van der Waals surface area contributed by atoms with E-state index in [1.54, 1.807) is 6.07 Å². The van der Waals surface area contributed by atoms with Crippen LogP contribution in [0.3, 0.4) is 0 Å². The largest absolute Gasteiger partial charge is 0.322 e. The number of hydrogen-bond acceptors (Lipinski definition) is 1. The number of anilines is 1. The van der Waals surface area contributed by atoms with Crippen molar-refractivity contribution in [2.45, 2.75) is 32.6 Å². The number of amides is 1. The van der Waals surface area contributed by atoms with E-state index >= 15 is 0 Å². The Morgan fingerprint density at radius 2 is 1.95 bits per heavy atom. The van der Waals surface area contributed by atoms with Crippen LogP contribution in [0.1, 0.15) is 39.9 Å². The molecule has 3 heteroatoms. The second kappa shape index (κ2) is 5.90. The van der Waals surface area contributed by atoms with Gasteiger partial charge in [0.25, 0.3) is 5.91 Å². The minimum absolute atomic E-state index is 0.0425. The van der Waals surface area contributed by atoms with Crippen LogP contribution in [0, 0.1) is 6.92 Å². The van der Waals surface area contributed by atoms with Crippen molar-refractivity contribution in [3.8, 4) is 0 Å². The van der Waals surface area contributed by atoms with Crippen LogP contribution in [0.2, 0.25) is 5.02 Å². The molecule has 2 aromatic rings. The SMILES string of the molecule is Cc1ccc(Cl)cc1NC(=O)c1cccc2c1CCCC2. The summed E-state index contributed by atoms with van der Waals surface area (Å²) >= 11 is 6.01. The van der Waals surface area contributed by atoms with Gasteiger partial charge in [0.15, 0.2) is 0 Å². The molecule has 0 unspecified atom stereocenters. The Hall–Kier alpha value is -1.80. The number of benzene rings is 2. The molecule has 2 nitrogen and oxygen atoms in total. The average Bonchev–Trinajstić information content (AvgIpc) is 2.50. The molecular formula is C18H18ClNO. The van der Waals surface area contributed by atoms with Gasteiger partial charge in [-0.2, -0.15) is 0 Å². The van der Waals surface area contributed by atoms with Gasteiger partial charge >= 0.3 is 0 Å². The van der Waals surface area contributed by atoms with E-state index in [4.69, 9.17) is 11.6 Å². The van der Waals surface area contributed by atoms with E-state index in [2.05, 4.69) is 11.4 Å². The first kappa shape index (κ1) is 14.2. The molecule has 0 aliphatic heterocycles. The van der Waals surface area contributed by atoms with Crippen LogP contribution < -0.4 is 5.32 Å². The van der Waals surface area contributed by atoms with Crippen LogP contribution in [-0.2, 0) is 12.8 Å². The van der Waals surface area contributed by atoms with Crippen LogP contribution in [0.5, 0.6) is 0 Å². The Labute approximate surface area is 130 Å². The van der Waals surface area contributed by atoms with Gasteiger partial charge in [0.2, 0.25) is 0 Å². The van der Waals surface area contributed by atoms with E-state index in [-0.39, 0.29) is 5.91 Å². The normalized spacial score (nSPS) is 13.6. The minimum atomic E-state index is -0.0425. The molecule has 0 aromatic heterocycles. The van der Waals surface area contributed by atoms with Gasteiger partial charge in [-0.1, -0.05) is 29.8 Å². The van der Waals surface area contributed by atoms with Gasteiger partial charge < -0.3 is 5.32 Å². The third-order valence-corrected chi connectivity index (χ3v) is 4.32. The first-order chi connectivity index (χ1) is 10.1. The van der Waals surface area contributed by atoms with E-state index in [1.807, 2.05) is 31.2 Å². The van der Waals surface area contributed by atoms with Gasteiger partial charge in [0, 0.05) is 16.3 Å². The average molecular weight is 300 g/mol. The molecule has 1 aliphatic rings. The molecule has 3 rings (SSSR count). The number of nitrogens with one attached hydrogen (secondary N) is 1. The molecule has 0 atom stereocenters. The van der Waals surface area contributed by atoms with Gasteiger partial charge in [0.1, 0.15) is 0 Å². The quantitative estimate of drug-likeness (QED) is 0.849. The second-order valence-corrected chi connectivity index (χ2v) is 6.00. The molecule has 0 fully saturated rings. The summed E-state index contributed by atoms with van der Waals surface area (Å²) in [6.45, 7) is 1.96. The standard InChI is InChI=1S/C18H18ClNO/c1-12-9-10-14(19)11-17(12)20-18(21)16-8-4-6-13-5-2-3-7-15(13)16/h4,6,8-11H,2-3,5,7H2,1H3,(H,20,21). The predicted octanol–water partition coefficient (Wildman–Crippen LogP) is 4.78. The Bertz CT molecular complexity index is 694. The van der Waals surface area contributed by atoms with Gasteiger partial charge in [-0.05, 0) is 67.5 Å². The zero-order valence-electron chi connectivity index (χ0n) is 12.1. The molecule has 0 saturated carbocycles. The van der Waals surface area contributed by atoms with Crippen LogP contribution in [0.4, 0.5) is 5.69 Å². The second-order valence-electron chi connectivity index (χ2n) is 5.56. The van der Waals surface area contributed by atoms with E-state index in [9.17, 15) is 4.79 Å². The van der Waals surface area contributed by atoms with E-state index < -0.39 is 0 Å². The fourth-order valence-electron chi connectivity index (χ4n) is 2.91. The highest BCUT2D eigenvalue weighted by atomic mass is 35.5. The number of hydrogen-bond donors (Lipinski definition) is 1. The lowest BCUT2D eigenvalue weighted by Crippen LogP contribution is -2.17. The maximum atomic E-state index is 12.6. The third-order valence-electron chi connectivity index (χ3n) is 4.09. The van der Waals surface area contributed by atoms with Crippen molar-refractivity contribution in [2.75, 3.05) is 5.32 Å². The molecule has 0 spiro atoms. The highest BCUT2D eigenvalue weighted by Crippen LogP contribution is 2.26. The zero-order chi connectivity index (χ0) is 14.8. The molecule has 0 heterocycles. The number of carbonyl (C=O) groups is 1. The van der Waals surface area contributed by atoms with Gasteiger partial charge in [0.05, 0.1) is 0 Å². The third kappa shape index (κ3) is 2.96. The molecule has 0 radical (unpaired) electrons. The number of halogens is 1. The van der Waals surface area contributed by atoms with Crippen LogP contribution in [-0.4, -0.2) is 5.91 Å². The molecule has 0 bridgehead atoms. The summed E-state index contributed by atoms with van der Waals surface area (Å²) in [5, 5.41) is 3.62. The number of aryl methyl sites for hydroxylation is 2. The lowest BCUT2D eigenvalue weighted by atomic mass is 9.88. The fraction of sp³-hybridized carbons (Fsp3) is 0.278. The van der Waals surface area contributed by atoms with Gasteiger partial charge in [-0.15, -0.1) is 0 Å². The molecule has 108 valence electrons. The Kier molecular flexibility index (Phi) is 3.98. The van der Waals surface area contributed by atoms with Crippen LogP contribution in [0.15, 0.2) is 36.4 Å². The summed E-state index contributed by atoms with van der Waals surface area (Å²) in [4.78, 5) is 12.6. The summed E-state index contributed by atoms with van der Waals surface area (Å²) in [6, 6.07) is 11.6. The number of rotatable bonds is 2. The summed E-state index contributed by atoms with van der Waals surface area (Å²) in [6.07, 6.45) is 4.44. The molecule has 1 N–H and O–H groups in total. The van der Waals surface area contributed by atoms with Gasteiger partial charge in [-0.3, -0.25) is 4.79 Å². The van der Waals surface area contributed by atoms with Crippen molar-refractivity contribution in [3.05, 3.63) is 63.7 Å². The van der Waals surface area contributed by atoms with Crippen molar-refractivity contribution in [2.24, 2.45) is 0 Å². The maximum Gasteiger partial charge on any atom is 0.255 e. The Morgan fingerprint density at radius 3 is 2.81 bits per heavy atom. The summed E-state index contributed by atoms with van der Waals surface area (Å²) in [5.74, 6) is -0.0425. The van der Waals surface area contributed by atoms with E-state index in [0.717, 1.165) is 36.1 Å². The zero-order valence-corrected chi connectivity index (χ0v) is 12.8. The van der Waals surface area contributed by atoms with Crippen molar-refractivity contribution >= 4 is 23.2 Å². The molecule has 1 amide bonds. The van der Waals surface area contributed by atoms with Gasteiger partial charge in [-0.25, -0.2) is 0 Å². The number of carbonyl (C=O) groups excluding carboxylic acids is 1. The highest BCUT2D eigenvalue weighted by molar-refractivity contribution is 6.31. The molecule has 21 heavy (non-hydrogen) atoms. The van der Waals surface area contributed by atoms with Crippen LogP contribution in [0.25, 0.3) is 0 Å². The van der Waals surface area contributed by atoms with Crippen molar-refractivity contribution in [1.82, 2.24) is 0 Å². The summed E-state index contributed by atoms with van der Waals surface area (Å²) in [5.41, 5.74) is 5.11. The van der Waals surface area contributed by atoms with Crippen molar-refractivity contribution < 1.29 is 4.79 Å². The lowest BCUT2D eigenvalue weighted by molar-refractivity contribution is 0.102. The number of fused-ring (bicyclic) bond motifs is 1. The molecule has 0 saturated heterocycles. The maximum absolute atomic E-state index is 12.6. The first-order valence-electron chi connectivity index (χ1n) is 7.33. The monoisotopic (exact) mass is 299 g/mol. The summed E-state index contributed by atoms with van der Waals surface area (Å²) < 4.78 is 0. The van der Waals surface area contributed by atoms with Crippen LogP contribution >= 0.6 is 11.6 Å². The molecular weight excluding hydrogens is 282 g/mol.